The molecule has 2 heterocycles. The molecule has 0 saturated heterocycles. The van der Waals surface area contributed by atoms with Crippen LogP contribution >= 0.6 is 12.1 Å². The third-order valence-electron chi connectivity index (χ3n) is 1.13. The van der Waals surface area contributed by atoms with Crippen molar-refractivity contribution in [2.75, 3.05) is 0 Å². The van der Waals surface area contributed by atoms with E-state index >= 15 is 0 Å². The second-order valence-electron chi connectivity index (χ2n) is 1.72. The van der Waals surface area contributed by atoms with Crippen molar-refractivity contribution in [2.45, 2.75) is 0 Å². The van der Waals surface area contributed by atoms with Gasteiger partial charge in [-0.2, -0.15) is 0 Å². The number of nitrogens with zero attached hydrogens (tertiary/aromatic N) is 1. The second-order valence-corrected chi connectivity index (χ2v) is 2.53. The lowest BCUT2D eigenvalue weighted by Crippen LogP contribution is -2.03. The summed E-state index contributed by atoms with van der Waals surface area (Å²) < 4.78 is 5.02. The zero-order valence-electron chi connectivity index (χ0n) is 4.66. The number of hydrogen-bond donors (Lipinski definition) is 1. The number of hydrogen-bond acceptors (Lipinski definition) is 3. The fourth-order valence-electron chi connectivity index (χ4n) is 0.722. The molecular formula is C6H5N2S. The molecule has 2 rings (SSSR count). The molecule has 0 atom stereocenters. The van der Waals surface area contributed by atoms with E-state index in [2.05, 4.69) is 10.8 Å². The highest BCUT2D eigenvalue weighted by molar-refractivity contribution is 7.95. The molecule has 9 heavy (non-hydrogen) atoms. The Morgan fingerprint density at radius 2 is 2.67 bits per heavy atom. The SMILES string of the molecule is [C]1=CC=CN2SNC=C12. The van der Waals surface area contributed by atoms with Crippen molar-refractivity contribution in [3.63, 3.8) is 0 Å². The van der Waals surface area contributed by atoms with E-state index < -0.39 is 0 Å². The molecule has 0 bridgehead atoms. The molecule has 0 aliphatic carbocycles. The van der Waals surface area contributed by atoms with Crippen LogP contribution in [0.3, 0.4) is 0 Å². The van der Waals surface area contributed by atoms with E-state index in [9.17, 15) is 0 Å². The first-order valence-corrected chi connectivity index (χ1v) is 3.42. The number of allylic oxidation sites excluding steroid dienone is 3. The van der Waals surface area contributed by atoms with Crippen LogP contribution in [0.5, 0.6) is 0 Å². The zero-order chi connectivity index (χ0) is 6.10. The van der Waals surface area contributed by atoms with Gasteiger partial charge in [-0.05, 0) is 6.08 Å². The molecule has 0 spiro atoms. The van der Waals surface area contributed by atoms with E-state index in [1.807, 2.05) is 28.9 Å². The maximum atomic E-state index is 3.07. The van der Waals surface area contributed by atoms with Crippen molar-refractivity contribution in [1.29, 1.82) is 0 Å². The quantitative estimate of drug-likeness (QED) is 0.505. The van der Waals surface area contributed by atoms with Gasteiger partial charge in [-0.3, -0.25) is 4.31 Å². The summed E-state index contributed by atoms with van der Waals surface area (Å²) in [6.07, 6.45) is 10.8. The summed E-state index contributed by atoms with van der Waals surface area (Å²) in [6, 6.07) is 0. The largest absolute Gasteiger partial charge is 0.316 e. The lowest BCUT2D eigenvalue weighted by molar-refractivity contribution is 0.798. The van der Waals surface area contributed by atoms with E-state index in [1.54, 1.807) is 12.1 Å². The predicted octanol–water partition coefficient (Wildman–Crippen LogP) is 1.18. The molecule has 2 nitrogen and oxygen atoms in total. The van der Waals surface area contributed by atoms with Gasteiger partial charge in [0.15, 0.2) is 0 Å². The maximum Gasteiger partial charge on any atom is 0.0779 e. The van der Waals surface area contributed by atoms with Crippen molar-refractivity contribution >= 4 is 12.1 Å². The van der Waals surface area contributed by atoms with E-state index in [4.69, 9.17) is 0 Å². The first kappa shape index (κ1) is 4.99. The Kier molecular flexibility index (Phi) is 1.02. The fraction of sp³-hybridized carbons (Fsp3) is 0. The third-order valence-corrected chi connectivity index (χ3v) is 1.87. The number of fused-ring (bicyclic) bond motifs is 1. The van der Waals surface area contributed by atoms with Crippen LogP contribution in [0, 0.1) is 6.08 Å². The molecule has 2 aliphatic rings. The highest BCUT2D eigenvalue weighted by Crippen LogP contribution is 2.23. The highest BCUT2D eigenvalue weighted by atomic mass is 32.2. The van der Waals surface area contributed by atoms with Crippen LogP contribution in [0.1, 0.15) is 0 Å². The lowest BCUT2D eigenvalue weighted by atomic mass is 10.3. The van der Waals surface area contributed by atoms with Gasteiger partial charge < -0.3 is 4.72 Å². The molecule has 1 radical (unpaired) electrons. The van der Waals surface area contributed by atoms with Crippen LogP contribution in [0.25, 0.3) is 0 Å². The number of rotatable bonds is 0. The summed E-state index contributed by atoms with van der Waals surface area (Å²) in [5, 5.41) is 0. The summed E-state index contributed by atoms with van der Waals surface area (Å²) in [7, 11) is 0. The smallest absolute Gasteiger partial charge is 0.0779 e. The normalized spacial score (nSPS) is 21.3. The summed E-state index contributed by atoms with van der Waals surface area (Å²) in [6.45, 7) is 0. The van der Waals surface area contributed by atoms with E-state index in [-0.39, 0.29) is 0 Å². The van der Waals surface area contributed by atoms with Gasteiger partial charge >= 0.3 is 0 Å². The third kappa shape index (κ3) is 0.733. The summed E-state index contributed by atoms with van der Waals surface area (Å²) in [4.78, 5) is 0. The maximum absolute atomic E-state index is 3.07. The van der Waals surface area contributed by atoms with E-state index in [1.165, 1.54) is 0 Å². The van der Waals surface area contributed by atoms with Gasteiger partial charge in [-0.15, -0.1) is 0 Å². The van der Waals surface area contributed by atoms with Crippen molar-refractivity contribution < 1.29 is 0 Å². The van der Waals surface area contributed by atoms with Crippen molar-refractivity contribution in [2.24, 2.45) is 0 Å². The van der Waals surface area contributed by atoms with Gasteiger partial charge in [0.05, 0.1) is 17.8 Å². The molecule has 2 aliphatic heterocycles. The Morgan fingerprint density at radius 1 is 1.67 bits per heavy atom. The van der Waals surface area contributed by atoms with Crippen molar-refractivity contribution in [3.05, 3.63) is 36.3 Å². The van der Waals surface area contributed by atoms with Gasteiger partial charge in [0.2, 0.25) is 0 Å². The van der Waals surface area contributed by atoms with Crippen LogP contribution in [-0.4, -0.2) is 4.31 Å². The molecular weight excluding hydrogens is 132 g/mol. The second kappa shape index (κ2) is 1.84. The first-order valence-electron chi connectivity index (χ1n) is 2.65. The lowest BCUT2D eigenvalue weighted by Gasteiger charge is -2.12. The van der Waals surface area contributed by atoms with Gasteiger partial charge in [-0.25, -0.2) is 0 Å². The first-order chi connectivity index (χ1) is 4.47. The Morgan fingerprint density at radius 3 is 3.56 bits per heavy atom. The molecule has 0 fully saturated rings. The molecule has 3 heteroatoms. The molecule has 0 saturated carbocycles. The minimum absolute atomic E-state index is 1.09. The summed E-state index contributed by atoms with van der Waals surface area (Å²) >= 11 is 1.55. The Balaban J connectivity index is 2.33. The molecule has 0 aromatic heterocycles. The van der Waals surface area contributed by atoms with Crippen LogP contribution in [0.4, 0.5) is 0 Å². The Hall–Kier alpha value is -0.830. The van der Waals surface area contributed by atoms with Gasteiger partial charge in [0, 0.05) is 18.5 Å². The highest BCUT2D eigenvalue weighted by Gasteiger charge is 2.11. The predicted molar refractivity (Wildman–Crippen MR) is 37.6 cm³/mol. The van der Waals surface area contributed by atoms with E-state index in [0.717, 1.165) is 5.70 Å². The minimum atomic E-state index is 1.09. The summed E-state index contributed by atoms with van der Waals surface area (Å²) in [5.74, 6) is 0. The average Bonchev–Trinajstić information content (AvgIpc) is 2.33. The summed E-state index contributed by atoms with van der Waals surface area (Å²) in [5.41, 5.74) is 1.09. The van der Waals surface area contributed by atoms with Crippen molar-refractivity contribution in [1.82, 2.24) is 9.03 Å². The van der Waals surface area contributed by atoms with Crippen LogP contribution in [0.2, 0.25) is 0 Å². The minimum Gasteiger partial charge on any atom is -0.316 e. The van der Waals surface area contributed by atoms with E-state index in [0.29, 0.717) is 0 Å². The van der Waals surface area contributed by atoms with Gasteiger partial charge in [0.25, 0.3) is 0 Å². The van der Waals surface area contributed by atoms with Crippen LogP contribution in [-0.2, 0) is 0 Å². The zero-order valence-corrected chi connectivity index (χ0v) is 5.48. The molecule has 0 amide bonds. The Bertz CT molecular complexity index is 202. The van der Waals surface area contributed by atoms with Gasteiger partial charge in [-0.1, -0.05) is 6.08 Å². The fourth-order valence-corrected chi connectivity index (χ4v) is 1.34. The van der Waals surface area contributed by atoms with Gasteiger partial charge in [0.1, 0.15) is 0 Å². The molecule has 0 aromatic carbocycles. The average molecular weight is 137 g/mol. The molecule has 0 aromatic rings. The number of nitrogens with one attached hydrogen (secondary N) is 1. The Labute approximate surface area is 58.2 Å². The van der Waals surface area contributed by atoms with Crippen LogP contribution < -0.4 is 4.72 Å². The topological polar surface area (TPSA) is 15.3 Å². The monoisotopic (exact) mass is 137 g/mol. The van der Waals surface area contributed by atoms with Crippen LogP contribution in [0.15, 0.2) is 30.2 Å². The van der Waals surface area contributed by atoms with Crippen molar-refractivity contribution in [3.8, 4) is 0 Å². The molecule has 45 valence electrons. The molecule has 1 N–H and O–H groups in total. The standard InChI is InChI=1S/C6H5N2S/c1-2-4-8-6(3-1)5-7-9-8/h1-2,4-5,7H. The molecule has 0 unspecified atom stereocenters.